The summed E-state index contributed by atoms with van der Waals surface area (Å²) in [6.07, 6.45) is 4.18. The predicted molar refractivity (Wildman–Crippen MR) is 58.4 cm³/mol. The van der Waals surface area contributed by atoms with Crippen LogP contribution in [0.2, 0.25) is 0 Å². The number of carbonyl (C=O) groups is 1. The summed E-state index contributed by atoms with van der Waals surface area (Å²) in [5.41, 5.74) is 0.0482. The van der Waals surface area contributed by atoms with Gasteiger partial charge in [-0.05, 0) is 5.41 Å². The SMILES string of the molecule is CC(C)(C)C(C#N)NC(=O)c1cncnc1. The van der Waals surface area contributed by atoms with Crippen molar-refractivity contribution in [3.8, 4) is 6.07 Å². The van der Waals surface area contributed by atoms with E-state index in [2.05, 4.69) is 21.4 Å². The van der Waals surface area contributed by atoms with Gasteiger partial charge < -0.3 is 5.32 Å². The zero-order chi connectivity index (χ0) is 12.2. The van der Waals surface area contributed by atoms with Crippen LogP contribution in [0.4, 0.5) is 0 Å². The Hall–Kier alpha value is -1.96. The van der Waals surface area contributed by atoms with Crippen LogP contribution in [0.3, 0.4) is 0 Å². The molecule has 0 aliphatic heterocycles. The number of rotatable bonds is 2. The van der Waals surface area contributed by atoms with Crippen molar-refractivity contribution < 1.29 is 4.79 Å². The van der Waals surface area contributed by atoms with Gasteiger partial charge in [-0.3, -0.25) is 4.79 Å². The highest BCUT2D eigenvalue weighted by Gasteiger charge is 2.26. The molecule has 16 heavy (non-hydrogen) atoms. The van der Waals surface area contributed by atoms with Gasteiger partial charge in [0.05, 0.1) is 11.6 Å². The Balaban J connectivity index is 2.76. The second kappa shape index (κ2) is 4.71. The molecule has 0 aromatic carbocycles. The maximum atomic E-state index is 11.7. The molecule has 1 unspecified atom stereocenters. The summed E-state index contributed by atoms with van der Waals surface area (Å²) in [7, 11) is 0. The maximum Gasteiger partial charge on any atom is 0.255 e. The summed E-state index contributed by atoms with van der Waals surface area (Å²) < 4.78 is 0. The fourth-order valence-corrected chi connectivity index (χ4v) is 1.07. The van der Waals surface area contributed by atoms with Crippen molar-refractivity contribution in [2.24, 2.45) is 5.41 Å². The van der Waals surface area contributed by atoms with E-state index in [0.717, 1.165) is 0 Å². The first-order valence-corrected chi connectivity index (χ1v) is 4.90. The number of nitrogens with zero attached hydrogens (tertiary/aromatic N) is 3. The van der Waals surface area contributed by atoms with Crippen molar-refractivity contribution in [1.82, 2.24) is 15.3 Å². The zero-order valence-electron chi connectivity index (χ0n) is 9.56. The van der Waals surface area contributed by atoms with Crippen molar-refractivity contribution in [2.45, 2.75) is 26.8 Å². The fourth-order valence-electron chi connectivity index (χ4n) is 1.07. The van der Waals surface area contributed by atoms with E-state index in [4.69, 9.17) is 5.26 Å². The van der Waals surface area contributed by atoms with Crippen molar-refractivity contribution in [1.29, 1.82) is 5.26 Å². The molecule has 5 heteroatoms. The molecule has 0 aliphatic rings. The van der Waals surface area contributed by atoms with Crippen LogP contribution in [-0.2, 0) is 0 Å². The third-order valence-corrected chi connectivity index (χ3v) is 2.09. The molecule has 0 bridgehead atoms. The third kappa shape index (κ3) is 3.02. The molecular formula is C11H14N4O. The van der Waals surface area contributed by atoms with Crippen LogP contribution in [0.1, 0.15) is 31.1 Å². The van der Waals surface area contributed by atoms with E-state index >= 15 is 0 Å². The summed E-state index contributed by atoms with van der Waals surface area (Å²) in [4.78, 5) is 19.2. The zero-order valence-corrected chi connectivity index (χ0v) is 9.56. The molecule has 0 spiro atoms. The summed E-state index contributed by atoms with van der Waals surface area (Å²) >= 11 is 0. The van der Waals surface area contributed by atoms with Gasteiger partial charge in [0.15, 0.2) is 0 Å². The first-order valence-electron chi connectivity index (χ1n) is 4.90. The smallest absolute Gasteiger partial charge is 0.255 e. The molecule has 1 aromatic rings. The lowest BCUT2D eigenvalue weighted by Crippen LogP contribution is -2.42. The Morgan fingerprint density at radius 2 is 2.00 bits per heavy atom. The van der Waals surface area contributed by atoms with Gasteiger partial charge in [0, 0.05) is 12.4 Å². The standard InChI is InChI=1S/C11H14N4O/c1-11(2,3)9(4-12)15-10(16)8-5-13-7-14-6-8/h5-7,9H,1-3H3,(H,15,16). The molecule has 1 rings (SSSR count). The second-order valence-electron chi connectivity index (χ2n) is 4.53. The van der Waals surface area contributed by atoms with Crippen molar-refractivity contribution in [3.05, 3.63) is 24.3 Å². The summed E-state index contributed by atoms with van der Waals surface area (Å²) in [6, 6.07) is 1.53. The number of hydrogen-bond acceptors (Lipinski definition) is 4. The lowest BCUT2D eigenvalue weighted by atomic mass is 9.87. The minimum atomic E-state index is -0.541. The Morgan fingerprint density at radius 1 is 1.44 bits per heavy atom. The molecule has 0 saturated carbocycles. The number of aromatic nitrogens is 2. The first kappa shape index (κ1) is 12.1. The van der Waals surface area contributed by atoms with Gasteiger partial charge in [-0.1, -0.05) is 20.8 Å². The molecule has 0 aliphatic carbocycles. The molecule has 0 radical (unpaired) electrons. The van der Waals surface area contributed by atoms with E-state index in [1.54, 1.807) is 0 Å². The van der Waals surface area contributed by atoms with E-state index in [1.165, 1.54) is 18.7 Å². The predicted octanol–water partition coefficient (Wildman–Crippen LogP) is 1.14. The van der Waals surface area contributed by atoms with Gasteiger partial charge in [-0.25, -0.2) is 9.97 Å². The fraction of sp³-hybridized carbons (Fsp3) is 0.455. The van der Waals surface area contributed by atoms with Crippen LogP contribution >= 0.6 is 0 Å². The minimum Gasteiger partial charge on any atom is -0.336 e. The number of amides is 1. The van der Waals surface area contributed by atoms with E-state index in [9.17, 15) is 4.79 Å². The van der Waals surface area contributed by atoms with Gasteiger partial charge in [0.25, 0.3) is 5.91 Å². The number of hydrogen-bond donors (Lipinski definition) is 1. The number of nitriles is 1. The molecule has 1 aromatic heterocycles. The highest BCUT2D eigenvalue weighted by Crippen LogP contribution is 2.18. The topological polar surface area (TPSA) is 78.7 Å². The van der Waals surface area contributed by atoms with Crippen LogP contribution in [0.5, 0.6) is 0 Å². The maximum absolute atomic E-state index is 11.7. The molecule has 5 nitrogen and oxygen atoms in total. The molecular weight excluding hydrogens is 204 g/mol. The molecule has 84 valence electrons. The van der Waals surface area contributed by atoms with Crippen LogP contribution in [-0.4, -0.2) is 21.9 Å². The average molecular weight is 218 g/mol. The average Bonchev–Trinajstić information content (AvgIpc) is 2.25. The number of nitrogens with one attached hydrogen (secondary N) is 1. The van der Waals surface area contributed by atoms with Crippen molar-refractivity contribution >= 4 is 5.91 Å². The minimum absolute atomic E-state index is 0.306. The molecule has 0 saturated heterocycles. The molecule has 1 N–H and O–H groups in total. The Kier molecular flexibility index (Phi) is 3.56. The quantitative estimate of drug-likeness (QED) is 0.807. The van der Waals surface area contributed by atoms with Crippen LogP contribution < -0.4 is 5.32 Å². The third-order valence-electron chi connectivity index (χ3n) is 2.09. The highest BCUT2D eigenvalue weighted by atomic mass is 16.1. The highest BCUT2D eigenvalue weighted by molar-refractivity contribution is 5.93. The largest absolute Gasteiger partial charge is 0.336 e. The monoisotopic (exact) mass is 218 g/mol. The van der Waals surface area contributed by atoms with Gasteiger partial charge >= 0.3 is 0 Å². The second-order valence-corrected chi connectivity index (χ2v) is 4.53. The molecule has 1 atom stereocenters. The number of carbonyl (C=O) groups excluding carboxylic acids is 1. The van der Waals surface area contributed by atoms with E-state index in [1.807, 2.05) is 20.8 Å². The van der Waals surface area contributed by atoms with Crippen molar-refractivity contribution in [2.75, 3.05) is 0 Å². The Labute approximate surface area is 94.5 Å². The van der Waals surface area contributed by atoms with Crippen LogP contribution in [0.15, 0.2) is 18.7 Å². The lowest BCUT2D eigenvalue weighted by molar-refractivity contribution is 0.0921. The van der Waals surface area contributed by atoms with Gasteiger partial charge in [-0.2, -0.15) is 5.26 Å². The van der Waals surface area contributed by atoms with Gasteiger partial charge in [0.1, 0.15) is 12.4 Å². The molecule has 1 heterocycles. The van der Waals surface area contributed by atoms with E-state index in [-0.39, 0.29) is 11.3 Å². The van der Waals surface area contributed by atoms with E-state index < -0.39 is 6.04 Å². The van der Waals surface area contributed by atoms with Crippen molar-refractivity contribution in [3.63, 3.8) is 0 Å². The van der Waals surface area contributed by atoms with Crippen LogP contribution in [0, 0.1) is 16.7 Å². The van der Waals surface area contributed by atoms with E-state index in [0.29, 0.717) is 5.56 Å². The Morgan fingerprint density at radius 3 is 2.44 bits per heavy atom. The van der Waals surface area contributed by atoms with Gasteiger partial charge in [-0.15, -0.1) is 0 Å². The van der Waals surface area contributed by atoms with Gasteiger partial charge in [0.2, 0.25) is 0 Å². The Bertz CT molecular complexity index is 402. The summed E-state index contributed by atoms with van der Waals surface area (Å²) in [5.74, 6) is -0.331. The lowest BCUT2D eigenvalue weighted by Gasteiger charge is -2.25. The first-order chi connectivity index (χ1) is 7.45. The summed E-state index contributed by atoms with van der Waals surface area (Å²) in [5, 5.41) is 11.6. The normalized spacial score (nSPS) is 12.6. The van der Waals surface area contributed by atoms with Crippen LogP contribution in [0.25, 0.3) is 0 Å². The molecule has 1 amide bonds. The summed E-state index contributed by atoms with van der Waals surface area (Å²) in [6.45, 7) is 5.67. The molecule has 0 fully saturated rings.